The number of aromatic nitrogens is 3. The molecule has 25 heavy (non-hydrogen) atoms. The SMILES string of the molecule is Cc1ccnc(C(=O)CC(=O)c2cccc(Cn3ccc(C)n3)c2)c1. The fraction of sp³-hybridized carbons (Fsp3) is 0.200. The van der Waals surface area contributed by atoms with Gasteiger partial charge in [-0.2, -0.15) is 5.10 Å². The molecule has 0 fully saturated rings. The second kappa shape index (κ2) is 7.21. The van der Waals surface area contributed by atoms with E-state index in [0.29, 0.717) is 17.8 Å². The average molecular weight is 333 g/mol. The molecule has 0 amide bonds. The lowest BCUT2D eigenvalue weighted by molar-refractivity contribution is 0.0891. The van der Waals surface area contributed by atoms with Crippen LogP contribution in [0.5, 0.6) is 0 Å². The number of nitrogens with zero attached hydrogens (tertiary/aromatic N) is 3. The molecule has 5 nitrogen and oxygen atoms in total. The molecule has 5 heteroatoms. The van der Waals surface area contributed by atoms with Crippen LogP contribution in [0.2, 0.25) is 0 Å². The molecule has 0 bridgehead atoms. The lowest BCUT2D eigenvalue weighted by Gasteiger charge is -2.06. The molecule has 0 radical (unpaired) electrons. The highest BCUT2D eigenvalue weighted by Crippen LogP contribution is 2.12. The van der Waals surface area contributed by atoms with Gasteiger partial charge in [-0.25, -0.2) is 0 Å². The molecule has 0 saturated carbocycles. The van der Waals surface area contributed by atoms with Gasteiger partial charge in [-0.15, -0.1) is 0 Å². The van der Waals surface area contributed by atoms with Crippen molar-refractivity contribution in [3.8, 4) is 0 Å². The Labute approximate surface area is 146 Å². The summed E-state index contributed by atoms with van der Waals surface area (Å²) in [6.07, 6.45) is 3.30. The fourth-order valence-corrected chi connectivity index (χ4v) is 2.61. The summed E-state index contributed by atoms with van der Waals surface area (Å²) in [7, 11) is 0. The minimum absolute atomic E-state index is 0.180. The highest BCUT2D eigenvalue weighted by molar-refractivity contribution is 6.12. The van der Waals surface area contributed by atoms with Gasteiger partial charge in [0.25, 0.3) is 0 Å². The number of aryl methyl sites for hydroxylation is 2. The molecule has 0 spiro atoms. The van der Waals surface area contributed by atoms with E-state index < -0.39 is 0 Å². The van der Waals surface area contributed by atoms with Crippen LogP contribution in [0.25, 0.3) is 0 Å². The molecule has 0 N–H and O–H groups in total. The Hall–Kier alpha value is -3.08. The molecule has 2 heterocycles. The van der Waals surface area contributed by atoms with E-state index in [4.69, 9.17) is 0 Å². The van der Waals surface area contributed by atoms with Gasteiger partial charge >= 0.3 is 0 Å². The van der Waals surface area contributed by atoms with E-state index in [9.17, 15) is 9.59 Å². The summed E-state index contributed by atoms with van der Waals surface area (Å²) >= 11 is 0. The van der Waals surface area contributed by atoms with E-state index >= 15 is 0 Å². The first-order valence-corrected chi connectivity index (χ1v) is 8.09. The first-order chi connectivity index (χ1) is 12.0. The van der Waals surface area contributed by atoms with Gasteiger partial charge in [-0.05, 0) is 49.2 Å². The summed E-state index contributed by atoms with van der Waals surface area (Å²) in [5, 5.41) is 4.35. The Bertz CT molecular complexity index is 928. The van der Waals surface area contributed by atoms with E-state index in [0.717, 1.165) is 16.8 Å². The van der Waals surface area contributed by atoms with E-state index in [1.165, 1.54) is 0 Å². The maximum absolute atomic E-state index is 12.5. The van der Waals surface area contributed by atoms with Crippen molar-refractivity contribution in [2.75, 3.05) is 0 Å². The Balaban J connectivity index is 1.71. The quantitative estimate of drug-likeness (QED) is 0.512. The highest BCUT2D eigenvalue weighted by Gasteiger charge is 2.15. The van der Waals surface area contributed by atoms with Gasteiger partial charge in [0, 0.05) is 18.0 Å². The smallest absolute Gasteiger partial charge is 0.188 e. The van der Waals surface area contributed by atoms with E-state index in [2.05, 4.69) is 10.1 Å². The van der Waals surface area contributed by atoms with E-state index in [-0.39, 0.29) is 18.0 Å². The van der Waals surface area contributed by atoms with E-state index in [1.807, 2.05) is 55.1 Å². The minimum atomic E-state index is -0.262. The Morgan fingerprint density at radius 1 is 1.04 bits per heavy atom. The standard InChI is InChI=1S/C20H19N3O2/c1-14-6-8-21-18(10-14)20(25)12-19(24)17-5-3-4-16(11-17)13-23-9-7-15(2)22-23/h3-11H,12-13H2,1-2H3. The molecule has 3 aromatic rings. The zero-order valence-corrected chi connectivity index (χ0v) is 14.3. The van der Waals surface area contributed by atoms with Crippen molar-refractivity contribution in [3.63, 3.8) is 0 Å². The van der Waals surface area contributed by atoms with Crippen molar-refractivity contribution in [2.24, 2.45) is 0 Å². The predicted octanol–water partition coefficient (Wildman–Crippen LogP) is 3.40. The molecule has 126 valence electrons. The molecule has 0 aliphatic heterocycles. The number of ketones is 2. The molecule has 0 atom stereocenters. The summed E-state index contributed by atoms with van der Waals surface area (Å²) in [5.74, 6) is -0.464. The first-order valence-electron chi connectivity index (χ1n) is 8.09. The Kier molecular flexibility index (Phi) is 4.84. The number of hydrogen-bond acceptors (Lipinski definition) is 4. The third-order valence-electron chi connectivity index (χ3n) is 3.89. The molecule has 3 rings (SSSR count). The van der Waals surface area contributed by atoms with Gasteiger partial charge in [-0.1, -0.05) is 18.2 Å². The lowest BCUT2D eigenvalue weighted by atomic mass is 10.0. The van der Waals surface area contributed by atoms with Crippen molar-refractivity contribution in [3.05, 3.63) is 82.9 Å². The van der Waals surface area contributed by atoms with Gasteiger partial charge in [-0.3, -0.25) is 19.3 Å². The molecule has 1 aromatic carbocycles. The van der Waals surface area contributed by atoms with Gasteiger partial charge < -0.3 is 0 Å². The summed E-state index contributed by atoms with van der Waals surface area (Å²) in [5.41, 5.74) is 3.72. The van der Waals surface area contributed by atoms with Gasteiger partial charge in [0.2, 0.25) is 0 Å². The average Bonchev–Trinajstić information content (AvgIpc) is 3.00. The maximum Gasteiger partial charge on any atom is 0.188 e. The zero-order valence-electron chi connectivity index (χ0n) is 14.3. The van der Waals surface area contributed by atoms with Crippen molar-refractivity contribution in [1.82, 2.24) is 14.8 Å². The van der Waals surface area contributed by atoms with Crippen molar-refractivity contribution in [2.45, 2.75) is 26.8 Å². The third kappa shape index (κ3) is 4.26. The third-order valence-corrected chi connectivity index (χ3v) is 3.89. The first kappa shape index (κ1) is 16.8. The number of rotatable bonds is 6. The maximum atomic E-state index is 12.5. The molecule has 0 aliphatic rings. The monoisotopic (exact) mass is 333 g/mol. The van der Waals surface area contributed by atoms with Crippen molar-refractivity contribution in [1.29, 1.82) is 0 Å². The highest BCUT2D eigenvalue weighted by atomic mass is 16.1. The van der Waals surface area contributed by atoms with Crippen LogP contribution >= 0.6 is 0 Å². The van der Waals surface area contributed by atoms with Crippen LogP contribution in [0, 0.1) is 13.8 Å². The van der Waals surface area contributed by atoms with Gasteiger partial charge in [0.1, 0.15) is 5.69 Å². The van der Waals surface area contributed by atoms with Gasteiger partial charge in [0.05, 0.1) is 18.7 Å². The summed E-state index contributed by atoms with van der Waals surface area (Å²) in [6.45, 7) is 4.41. The molecular weight excluding hydrogens is 314 g/mol. The van der Waals surface area contributed by atoms with Crippen LogP contribution in [-0.4, -0.2) is 26.3 Å². The summed E-state index contributed by atoms with van der Waals surface area (Å²) < 4.78 is 1.82. The van der Waals surface area contributed by atoms with Crippen molar-refractivity contribution >= 4 is 11.6 Å². The second-order valence-corrected chi connectivity index (χ2v) is 6.10. The van der Waals surface area contributed by atoms with E-state index in [1.54, 1.807) is 18.3 Å². The second-order valence-electron chi connectivity index (χ2n) is 6.10. The number of Topliss-reactive ketones (excluding diaryl/α,β-unsaturated/α-hetero) is 2. The number of pyridine rings is 1. The number of benzene rings is 1. The van der Waals surface area contributed by atoms with Gasteiger partial charge in [0.15, 0.2) is 11.6 Å². The fourth-order valence-electron chi connectivity index (χ4n) is 2.61. The van der Waals surface area contributed by atoms with Crippen LogP contribution in [0.3, 0.4) is 0 Å². The van der Waals surface area contributed by atoms with Crippen LogP contribution in [0.4, 0.5) is 0 Å². The molecule has 2 aromatic heterocycles. The molecule has 0 unspecified atom stereocenters. The van der Waals surface area contributed by atoms with Crippen LogP contribution in [-0.2, 0) is 6.54 Å². The largest absolute Gasteiger partial charge is 0.294 e. The number of hydrogen-bond donors (Lipinski definition) is 0. The Morgan fingerprint density at radius 2 is 1.88 bits per heavy atom. The number of carbonyl (C=O) groups excluding carboxylic acids is 2. The molecule has 0 saturated heterocycles. The minimum Gasteiger partial charge on any atom is -0.294 e. The lowest BCUT2D eigenvalue weighted by Crippen LogP contribution is -2.11. The summed E-state index contributed by atoms with van der Waals surface area (Å²) in [6, 6.07) is 12.8. The normalized spacial score (nSPS) is 10.6. The molecule has 0 aliphatic carbocycles. The summed E-state index contributed by atoms with van der Waals surface area (Å²) in [4.78, 5) is 28.8. The zero-order chi connectivity index (χ0) is 17.8. The van der Waals surface area contributed by atoms with Crippen LogP contribution in [0.1, 0.15) is 44.1 Å². The van der Waals surface area contributed by atoms with Crippen LogP contribution < -0.4 is 0 Å². The predicted molar refractivity (Wildman–Crippen MR) is 94.8 cm³/mol. The number of carbonyl (C=O) groups is 2. The molecular formula is C20H19N3O2. The Morgan fingerprint density at radius 3 is 2.60 bits per heavy atom. The van der Waals surface area contributed by atoms with Crippen LogP contribution in [0.15, 0.2) is 54.9 Å². The van der Waals surface area contributed by atoms with Crippen molar-refractivity contribution < 1.29 is 9.59 Å². The topological polar surface area (TPSA) is 64.8 Å².